The molecule has 0 heterocycles. The minimum absolute atomic E-state index is 0.114. The first-order chi connectivity index (χ1) is 14.3. The third-order valence-corrected chi connectivity index (χ3v) is 4.56. The SMILES string of the molecule is CCNC(=O)NC(=O)COC(=O)c1ccc(NS(=O)(=O)/C=C/c2ccccc2)cc1. The molecule has 0 bridgehead atoms. The van der Waals surface area contributed by atoms with Gasteiger partial charge in [0.15, 0.2) is 6.61 Å². The lowest BCUT2D eigenvalue weighted by Gasteiger charge is -2.07. The van der Waals surface area contributed by atoms with Crippen molar-refractivity contribution in [2.75, 3.05) is 17.9 Å². The second-order valence-electron chi connectivity index (χ2n) is 5.92. The molecule has 30 heavy (non-hydrogen) atoms. The van der Waals surface area contributed by atoms with Gasteiger partial charge in [0.2, 0.25) is 0 Å². The maximum Gasteiger partial charge on any atom is 0.338 e. The molecule has 3 N–H and O–H groups in total. The Morgan fingerprint density at radius 2 is 1.67 bits per heavy atom. The van der Waals surface area contributed by atoms with Gasteiger partial charge in [-0.3, -0.25) is 14.8 Å². The number of carbonyl (C=O) groups excluding carboxylic acids is 3. The summed E-state index contributed by atoms with van der Waals surface area (Å²) in [5.41, 5.74) is 1.10. The van der Waals surface area contributed by atoms with E-state index in [9.17, 15) is 22.8 Å². The van der Waals surface area contributed by atoms with E-state index < -0.39 is 34.5 Å². The average Bonchev–Trinajstić information content (AvgIpc) is 2.72. The van der Waals surface area contributed by atoms with E-state index in [2.05, 4.69) is 10.0 Å². The van der Waals surface area contributed by atoms with Crippen molar-refractivity contribution in [3.63, 3.8) is 0 Å². The maximum absolute atomic E-state index is 12.1. The van der Waals surface area contributed by atoms with E-state index in [1.54, 1.807) is 31.2 Å². The van der Waals surface area contributed by atoms with Crippen LogP contribution in [-0.2, 0) is 19.6 Å². The Hall–Kier alpha value is -3.66. The highest BCUT2D eigenvalue weighted by Crippen LogP contribution is 2.13. The van der Waals surface area contributed by atoms with E-state index in [0.717, 1.165) is 11.0 Å². The number of sulfonamides is 1. The highest BCUT2D eigenvalue weighted by atomic mass is 32.2. The zero-order valence-electron chi connectivity index (χ0n) is 16.1. The molecule has 0 aliphatic heterocycles. The molecule has 2 rings (SSSR count). The number of benzene rings is 2. The fourth-order valence-corrected chi connectivity index (χ4v) is 3.06. The number of rotatable bonds is 8. The average molecular weight is 431 g/mol. The predicted octanol–water partition coefficient (Wildman–Crippen LogP) is 2.10. The number of amides is 3. The quantitative estimate of drug-likeness (QED) is 0.549. The first-order valence-corrected chi connectivity index (χ1v) is 10.4. The second kappa shape index (κ2) is 10.8. The summed E-state index contributed by atoms with van der Waals surface area (Å²) < 4.78 is 31.5. The van der Waals surface area contributed by atoms with Crippen LogP contribution in [0.15, 0.2) is 60.0 Å². The van der Waals surface area contributed by atoms with Gasteiger partial charge in [0.05, 0.1) is 11.0 Å². The molecule has 0 spiro atoms. The number of anilines is 1. The van der Waals surface area contributed by atoms with Crippen LogP contribution in [0.5, 0.6) is 0 Å². The number of hydrogen-bond acceptors (Lipinski definition) is 6. The van der Waals surface area contributed by atoms with Gasteiger partial charge in [0.25, 0.3) is 15.9 Å². The number of hydrogen-bond donors (Lipinski definition) is 3. The fraction of sp³-hybridized carbons (Fsp3) is 0.150. The minimum Gasteiger partial charge on any atom is -0.452 e. The van der Waals surface area contributed by atoms with Gasteiger partial charge in [-0.05, 0) is 42.8 Å². The van der Waals surface area contributed by atoms with E-state index >= 15 is 0 Å². The lowest BCUT2D eigenvalue weighted by atomic mass is 10.2. The van der Waals surface area contributed by atoms with Crippen LogP contribution in [0.3, 0.4) is 0 Å². The largest absolute Gasteiger partial charge is 0.452 e. The summed E-state index contributed by atoms with van der Waals surface area (Å²) in [6.07, 6.45) is 1.46. The summed E-state index contributed by atoms with van der Waals surface area (Å²) in [5, 5.41) is 5.40. The van der Waals surface area contributed by atoms with Gasteiger partial charge in [0.1, 0.15) is 0 Å². The normalized spacial score (nSPS) is 11.0. The first kappa shape index (κ1) is 22.6. The number of urea groups is 1. The molecule has 0 radical (unpaired) electrons. The summed E-state index contributed by atoms with van der Waals surface area (Å²) in [6, 6.07) is 13.7. The molecule has 3 amide bonds. The van der Waals surface area contributed by atoms with Crippen LogP contribution < -0.4 is 15.4 Å². The molecule has 0 saturated carbocycles. The number of ether oxygens (including phenoxy) is 1. The lowest BCUT2D eigenvalue weighted by Crippen LogP contribution is -2.41. The summed E-state index contributed by atoms with van der Waals surface area (Å²) in [7, 11) is -3.74. The van der Waals surface area contributed by atoms with Crippen LogP contribution >= 0.6 is 0 Å². The zero-order chi connectivity index (χ0) is 22.0. The van der Waals surface area contributed by atoms with Gasteiger partial charge in [-0.25, -0.2) is 18.0 Å². The van der Waals surface area contributed by atoms with Crippen LogP contribution in [0.25, 0.3) is 6.08 Å². The van der Waals surface area contributed by atoms with Crippen LogP contribution in [0.1, 0.15) is 22.8 Å². The molecule has 0 saturated heterocycles. The summed E-state index contributed by atoms with van der Waals surface area (Å²) >= 11 is 0. The predicted molar refractivity (Wildman–Crippen MR) is 112 cm³/mol. The maximum atomic E-state index is 12.1. The Morgan fingerprint density at radius 3 is 2.30 bits per heavy atom. The van der Waals surface area contributed by atoms with Crippen molar-refractivity contribution in [2.45, 2.75) is 6.92 Å². The number of carbonyl (C=O) groups is 3. The van der Waals surface area contributed by atoms with Crippen LogP contribution in [0.2, 0.25) is 0 Å². The van der Waals surface area contributed by atoms with Crippen molar-refractivity contribution in [1.82, 2.24) is 10.6 Å². The molecule has 2 aromatic rings. The zero-order valence-corrected chi connectivity index (χ0v) is 16.9. The number of nitrogens with one attached hydrogen (secondary N) is 3. The highest BCUT2D eigenvalue weighted by molar-refractivity contribution is 7.95. The molecule has 0 fully saturated rings. The van der Waals surface area contributed by atoms with Gasteiger partial charge < -0.3 is 10.1 Å². The molecule has 0 atom stereocenters. The minimum atomic E-state index is -3.74. The van der Waals surface area contributed by atoms with Crippen molar-refractivity contribution in [3.8, 4) is 0 Å². The fourth-order valence-electron chi connectivity index (χ4n) is 2.19. The molecular weight excluding hydrogens is 410 g/mol. The van der Waals surface area contributed by atoms with E-state index in [1.807, 2.05) is 11.4 Å². The molecule has 0 aromatic heterocycles. The third kappa shape index (κ3) is 7.76. The van der Waals surface area contributed by atoms with Crippen molar-refractivity contribution in [1.29, 1.82) is 0 Å². The number of imide groups is 1. The molecule has 158 valence electrons. The van der Waals surface area contributed by atoms with Crippen LogP contribution in [-0.4, -0.2) is 39.5 Å². The summed E-state index contributed by atoms with van der Waals surface area (Å²) in [4.78, 5) is 34.7. The van der Waals surface area contributed by atoms with E-state index in [4.69, 9.17) is 4.74 Å². The molecule has 0 aliphatic carbocycles. The Kier molecular flexibility index (Phi) is 8.12. The van der Waals surface area contributed by atoms with Crippen LogP contribution in [0.4, 0.5) is 10.5 Å². The highest BCUT2D eigenvalue weighted by Gasteiger charge is 2.13. The van der Waals surface area contributed by atoms with E-state index in [0.29, 0.717) is 6.54 Å². The molecule has 10 heteroatoms. The van der Waals surface area contributed by atoms with Crippen molar-refractivity contribution in [2.24, 2.45) is 0 Å². The monoisotopic (exact) mass is 431 g/mol. The van der Waals surface area contributed by atoms with Gasteiger partial charge in [0, 0.05) is 12.2 Å². The van der Waals surface area contributed by atoms with Crippen molar-refractivity contribution < 1.29 is 27.5 Å². The molecule has 0 aliphatic rings. The van der Waals surface area contributed by atoms with Crippen LogP contribution in [0, 0.1) is 0 Å². The van der Waals surface area contributed by atoms with Gasteiger partial charge in [-0.1, -0.05) is 30.3 Å². The molecular formula is C20H21N3O6S. The molecule has 0 unspecified atom stereocenters. The van der Waals surface area contributed by atoms with Gasteiger partial charge >= 0.3 is 12.0 Å². The Bertz CT molecular complexity index is 1020. The lowest BCUT2D eigenvalue weighted by molar-refractivity contribution is -0.123. The molecule has 9 nitrogen and oxygen atoms in total. The van der Waals surface area contributed by atoms with Gasteiger partial charge in [-0.2, -0.15) is 0 Å². The number of esters is 1. The summed E-state index contributed by atoms with van der Waals surface area (Å²) in [6.45, 7) is 1.40. The van der Waals surface area contributed by atoms with Crippen molar-refractivity contribution in [3.05, 3.63) is 71.1 Å². The standard InChI is InChI=1S/C20H21N3O6S/c1-2-21-20(26)22-18(24)14-29-19(25)16-8-10-17(11-9-16)23-30(27,28)13-12-15-6-4-3-5-7-15/h3-13,23H,2,14H2,1H3,(H2,21,22,24,26)/b13-12+. The van der Waals surface area contributed by atoms with Crippen molar-refractivity contribution >= 4 is 39.7 Å². The first-order valence-electron chi connectivity index (χ1n) is 8.90. The summed E-state index contributed by atoms with van der Waals surface area (Å²) in [5.74, 6) is -1.57. The van der Waals surface area contributed by atoms with E-state index in [1.165, 1.54) is 30.3 Å². The van der Waals surface area contributed by atoms with E-state index in [-0.39, 0.29) is 11.3 Å². The smallest absolute Gasteiger partial charge is 0.338 e. The van der Waals surface area contributed by atoms with Gasteiger partial charge in [-0.15, -0.1) is 0 Å². The topological polar surface area (TPSA) is 131 Å². The Morgan fingerprint density at radius 1 is 1.00 bits per heavy atom. The Balaban J connectivity index is 1.89. The third-order valence-electron chi connectivity index (χ3n) is 3.54. The Labute approximate surface area is 174 Å². The molecule has 2 aromatic carbocycles. The second-order valence-corrected chi connectivity index (χ2v) is 7.49.